The fraction of sp³-hybridized carbons (Fsp3) is 1.00. The van der Waals surface area contributed by atoms with Gasteiger partial charge in [0.2, 0.25) is 13.3 Å². The van der Waals surface area contributed by atoms with E-state index in [1.54, 1.807) is 0 Å². The Morgan fingerprint density at radius 3 is 1.23 bits per heavy atom. The van der Waals surface area contributed by atoms with Gasteiger partial charge in [0.05, 0.1) is 39.3 Å². The lowest BCUT2D eigenvalue weighted by atomic mass is 9.86. The van der Waals surface area contributed by atoms with Crippen molar-refractivity contribution in [2.45, 2.75) is 19.3 Å². The Morgan fingerprint density at radius 1 is 0.462 bits per heavy atom. The average molecular weight is 364 g/mol. The zero-order chi connectivity index (χ0) is 17.3. The van der Waals surface area contributed by atoms with Crippen LogP contribution in [0.5, 0.6) is 0 Å². The van der Waals surface area contributed by atoms with E-state index < -0.39 is 0 Å². The molecule has 146 valence electrons. The highest BCUT2D eigenvalue weighted by Gasteiger charge is 2.57. The SMILES string of the molecule is C1C[N+]2(C[N+]34CC[N+](C[N+]56CCN(CC5)CC6)(CC3)CC4)CCC1CC2. The molecule has 9 saturated heterocycles. The quantitative estimate of drug-likeness (QED) is 0.651. The summed E-state index contributed by atoms with van der Waals surface area (Å²) in [5, 5.41) is 0. The monoisotopic (exact) mass is 363 g/mol. The third-order valence-electron chi connectivity index (χ3n) is 10.1. The molecule has 0 spiro atoms. The number of piperazine rings is 6. The van der Waals surface area contributed by atoms with Gasteiger partial charge >= 0.3 is 0 Å². The van der Waals surface area contributed by atoms with Gasteiger partial charge < -0.3 is 0 Å². The molecule has 0 N–H and O–H groups in total. The molecule has 0 aromatic heterocycles. The van der Waals surface area contributed by atoms with Crippen molar-refractivity contribution in [1.82, 2.24) is 4.90 Å². The van der Waals surface area contributed by atoms with E-state index in [-0.39, 0.29) is 0 Å². The molecule has 0 radical (unpaired) electrons. The smallest absolute Gasteiger partial charge is 0.208 e. The minimum absolute atomic E-state index is 1.10. The van der Waals surface area contributed by atoms with Gasteiger partial charge in [-0.1, -0.05) is 0 Å². The first-order valence-corrected chi connectivity index (χ1v) is 11.7. The summed E-state index contributed by atoms with van der Waals surface area (Å²) in [5.74, 6) is 1.10. The number of hydrogen-bond acceptors (Lipinski definition) is 1. The van der Waals surface area contributed by atoms with Crippen LogP contribution in [-0.2, 0) is 0 Å². The summed E-state index contributed by atoms with van der Waals surface area (Å²) in [7, 11) is 0. The highest BCUT2D eigenvalue weighted by atomic mass is 15.6. The topological polar surface area (TPSA) is 3.24 Å². The first-order valence-electron chi connectivity index (χ1n) is 11.7. The van der Waals surface area contributed by atoms with Gasteiger partial charge in [-0.3, -0.25) is 22.8 Å². The van der Waals surface area contributed by atoms with Crippen molar-refractivity contribution in [1.29, 1.82) is 0 Å². The molecule has 9 rings (SSSR count). The Morgan fingerprint density at radius 2 is 0.808 bits per heavy atom. The summed E-state index contributed by atoms with van der Waals surface area (Å²) in [4.78, 5) is 2.70. The van der Waals surface area contributed by atoms with Gasteiger partial charge in [0.1, 0.15) is 39.3 Å². The molecular weight excluding hydrogens is 322 g/mol. The van der Waals surface area contributed by atoms with Gasteiger partial charge in [0.15, 0.2) is 0 Å². The lowest BCUT2D eigenvalue weighted by Gasteiger charge is -2.61. The van der Waals surface area contributed by atoms with Crippen molar-refractivity contribution < 1.29 is 17.9 Å². The lowest BCUT2D eigenvalue weighted by Crippen LogP contribution is -2.82. The predicted octanol–water partition coefficient (Wildman–Crippen LogP) is 0.339. The molecule has 6 bridgehead atoms. The predicted molar refractivity (Wildman–Crippen MR) is 103 cm³/mol. The third-order valence-corrected chi connectivity index (χ3v) is 10.1. The van der Waals surface area contributed by atoms with Gasteiger partial charge in [-0.15, -0.1) is 0 Å². The Kier molecular flexibility index (Phi) is 3.64. The van der Waals surface area contributed by atoms with Crippen LogP contribution in [0, 0.1) is 5.92 Å². The van der Waals surface area contributed by atoms with Crippen LogP contribution < -0.4 is 0 Å². The first-order chi connectivity index (χ1) is 12.6. The zero-order valence-corrected chi connectivity index (χ0v) is 17.0. The summed E-state index contributed by atoms with van der Waals surface area (Å²) in [6.07, 6.45) is 4.62. The molecule has 26 heavy (non-hydrogen) atoms. The van der Waals surface area contributed by atoms with Gasteiger partial charge in [-0.05, 0) is 5.92 Å². The largest absolute Gasteiger partial charge is 0.287 e. The van der Waals surface area contributed by atoms with E-state index in [2.05, 4.69) is 4.90 Å². The van der Waals surface area contributed by atoms with Crippen LogP contribution in [0.15, 0.2) is 0 Å². The molecule has 0 unspecified atom stereocenters. The molecule has 9 fully saturated rings. The number of fused-ring (bicyclic) bond motifs is 9. The molecule has 0 atom stereocenters. The number of piperidine rings is 3. The molecule has 0 saturated carbocycles. The van der Waals surface area contributed by atoms with Crippen LogP contribution in [-0.4, -0.2) is 134 Å². The highest BCUT2D eigenvalue weighted by Crippen LogP contribution is 2.37. The van der Waals surface area contributed by atoms with E-state index in [1.165, 1.54) is 149 Å². The second-order valence-electron chi connectivity index (χ2n) is 11.4. The van der Waals surface area contributed by atoms with E-state index in [9.17, 15) is 0 Å². The second kappa shape index (κ2) is 5.66. The van der Waals surface area contributed by atoms with Gasteiger partial charge in [-0.25, -0.2) is 0 Å². The van der Waals surface area contributed by atoms with Crippen molar-refractivity contribution in [2.24, 2.45) is 5.92 Å². The highest BCUT2D eigenvalue weighted by molar-refractivity contribution is 4.73. The molecule has 0 aromatic carbocycles. The number of hydrogen-bond donors (Lipinski definition) is 0. The average Bonchev–Trinajstić information content (AvgIpc) is 2.71. The third kappa shape index (κ3) is 2.61. The Hall–Kier alpha value is -0.200. The number of nitrogens with zero attached hydrogens (tertiary/aromatic N) is 5. The molecule has 9 aliphatic rings. The number of rotatable bonds is 4. The Bertz CT molecular complexity index is 457. The molecule has 0 aliphatic carbocycles. The molecule has 5 heteroatoms. The van der Waals surface area contributed by atoms with Gasteiger partial charge in [-0.2, -0.15) is 0 Å². The lowest BCUT2D eigenvalue weighted by molar-refractivity contribution is -1.19. The van der Waals surface area contributed by atoms with Crippen LogP contribution in [0.4, 0.5) is 0 Å². The minimum atomic E-state index is 1.10. The maximum atomic E-state index is 2.70. The second-order valence-corrected chi connectivity index (χ2v) is 11.4. The normalized spacial score (nSPS) is 55.4. The van der Waals surface area contributed by atoms with Crippen LogP contribution in [0.25, 0.3) is 0 Å². The Labute approximate surface area is 160 Å². The van der Waals surface area contributed by atoms with Crippen molar-refractivity contribution >= 4 is 0 Å². The van der Waals surface area contributed by atoms with Crippen molar-refractivity contribution in [3.63, 3.8) is 0 Å². The number of quaternary nitrogens is 4. The summed E-state index contributed by atoms with van der Waals surface area (Å²) >= 11 is 0. The van der Waals surface area contributed by atoms with E-state index in [0.29, 0.717) is 0 Å². The summed E-state index contributed by atoms with van der Waals surface area (Å²) < 4.78 is 5.96. The summed E-state index contributed by atoms with van der Waals surface area (Å²) in [5.41, 5.74) is 0. The van der Waals surface area contributed by atoms with Crippen LogP contribution in [0.3, 0.4) is 0 Å². The van der Waals surface area contributed by atoms with E-state index in [4.69, 9.17) is 0 Å². The molecule has 9 heterocycles. The van der Waals surface area contributed by atoms with Crippen molar-refractivity contribution in [2.75, 3.05) is 112 Å². The van der Waals surface area contributed by atoms with Crippen LogP contribution >= 0.6 is 0 Å². The molecular formula is C21H41N5+4. The van der Waals surface area contributed by atoms with Gasteiger partial charge in [0, 0.05) is 38.9 Å². The molecule has 0 aromatic rings. The summed E-state index contributed by atoms with van der Waals surface area (Å²) in [6.45, 7) is 25.0. The fourth-order valence-electron chi connectivity index (χ4n) is 7.93. The standard InChI is InChI=1S/C21H41N5/c1-7-23(8-2-21(1)3-9-23)19-25-13-16-26(17-14-25,18-15-25)20-24-10-4-22(5-11-24)6-12-24/h21H,1-20H2/q+4. The minimum Gasteiger partial charge on any atom is -0.287 e. The maximum Gasteiger partial charge on any atom is 0.208 e. The molecule has 0 amide bonds. The van der Waals surface area contributed by atoms with Gasteiger partial charge in [0.25, 0.3) is 0 Å². The Balaban J connectivity index is 1.14. The van der Waals surface area contributed by atoms with Crippen LogP contribution in [0.2, 0.25) is 0 Å². The fourth-order valence-corrected chi connectivity index (χ4v) is 7.93. The maximum absolute atomic E-state index is 2.70. The van der Waals surface area contributed by atoms with Crippen LogP contribution in [0.1, 0.15) is 19.3 Å². The molecule has 9 aliphatic heterocycles. The van der Waals surface area contributed by atoms with E-state index in [0.717, 1.165) is 5.92 Å². The molecule has 5 nitrogen and oxygen atoms in total. The summed E-state index contributed by atoms with van der Waals surface area (Å²) in [6, 6.07) is 0. The first kappa shape index (κ1) is 16.7. The van der Waals surface area contributed by atoms with Crippen molar-refractivity contribution in [3.05, 3.63) is 0 Å². The van der Waals surface area contributed by atoms with E-state index >= 15 is 0 Å². The zero-order valence-electron chi connectivity index (χ0n) is 17.0. The van der Waals surface area contributed by atoms with Crippen molar-refractivity contribution in [3.8, 4) is 0 Å². The van der Waals surface area contributed by atoms with E-state index in [1.807, 2.05) is 0 Å².